The lowest BCUT2D eigenvalue weighted by molar-refractivity contribution is 0.566. The van der Waals surface area contributed by atoms with Crippen LogP contribution in [-0.4, -0.2) is 18.3 Å². The van der Waals surface area contributed by atoms with E-state index in [1.165, 1.54) is 16.8 Å². The van der Waals surface area contributed by atoms with Crippen molar-refractivity contribution in [1.82, 2.24) is 0 Å². The molecular weight excluding hydrogens is 351 g/mol. The number of likely N-dealkylation sites (N-methyl/N-ethyl adjacent to an activating group) is 1. The van der Waals surface area contributed by atoms with Gasteiger partial charge < -0.3 is 4.90 Å². The van der Waals surface area contributed by atoms with Gasteiger partial charge in [0.1, 0.15) is 0 Å². The summed E-state index contributed by atoms with van der Waals surface area (Å²) >= 11 is 12.0. The molecule has 0 saturated carbocycles. The molecule has 130 valence electrons. The van der Waals surface area contributed by atoms with Crippen LogP contribution < -0.4 is 4.90 Å². The highest BCUT2D eigenvalue weighted by Crippen LogP contribution is 2.39. The van der Waals surface area contributed by atoms with E-state index in [1.807, 2.05) is 12.3 Å². The number of benzene rings is 2. The van der Waals surface area contributed by atoms with Crippen LogP contribution in [0.2, 0.25) is 10.0 Å². The number of anilines is 1. The van der Waals surface area contributed by atoms with E-state index < -0.39 is 0 Å². The molecule has 0 aliphatic carbocycles. The van der Waals surface area contributed by atoms with Crippen molar-refractivity contribution < 1.29 is 0 Å². The minimum atomic E-state index is 0.0293. The van der Waals surface area contributed by atoms with Gasteiger partial charge in [-0.15, -0.1) is 0 Å². The number of allylic oxidation sites excluding steroid dienone is 1. The third-order valence-corrected chi connectivity index (χ3v) is 5.32. The summed E-state index contributed by atoms with van der Waals surface area (Å²) < 4.78 is 0. The van der Waals surface area contributed by atoms with Gasteiger partial charge in [0, 0.05) is 24.0 Å². The van der Waals surface area contributed by atoms with Crippen LogP contribution in [0.3, 0.4) is 0 Å². The van der Waals surface area contributed by atoms with Crippen LogP contribution in [0.25, 0.3) is 5.57 Å². The Labute approximate surface area is 159 Å². The summed E-state index contributed by atoms with van der Waals surface area (Å²) in [6.07, 6.45) is 4.20. The third-order valence-electron chi connectivity index (χ3n) is 4.58. The molecule has 1 aliphatic heterocycles. The van der Waals surface area contributed by atoms with Crippen LogP contribution in [0, 0.1) is 0 Å². The Morgan fingerprint density at radius 2 is 1.84 bits per heavy atom. The topological polar surface area (TPSA) is 15.6 Å². The van der Waals surface area contributed by atoms with Gasteiger partial charge in [0.2, 0.25) is 0 Å². The van der Waals surface area contributed by atoms with Crippen LogP contribution >= 0.6 is 23.2 Å². The lowest BCUT2D eigenvalue weighted by atomic mass is 9.88. The Kier molecular flexibility index (Phi) is 4.95. The first-order chi connectivity index (χ1) is 11.8. The monoisotopic (exact) mass is 372 g/mol. The number of rotatable bonds is 3. The van der Waals surface area contributed by atoms with Crippen LogP contribution in [0.5, 0.6) is 0 Å². The number of hydrogen-bond acceptors (Lipinski definition) is 2. The zero-order valence-corrected chi connectivity index (χ0v) is 16.5. The molecule has 3 rings (SSSR count). The minimum absolute atomic E-state index is 0.0293. The average molecular weight is 373 g/mol. The molecule has 2 aromatic rings. The second-order valence-corrected chi connectivity index (χ2v) is 7.67. The largest absolute Gasteiger partial charge is 0.363 e. The van der Waals surface area contributed by atoms with Crippen LogP contribution in [0.15, 0.2) is 47.5 Å². The molecule has 0 bridgehead atoms. The lowest BCUT2D eigenvalue weighted by Gasteiger charge is -2.42. The van der Waals surface area contributed by atoms with E-state index in [0.29, 0.717) is 10.0 Å². The fraction of sp³-hybridized carbons (Fsp3) is 0.286. The molecule has 0 atom stereocenters. The quantitative estimate of drug-likeness (QED) is 0.542. The molecule has 1 aliphatic rings. The molecule has 0 spiro atoms. The summed E-state index contributed by atoms with van der Waals surface area (Å²) in [4.78, 5) is 6.94. The smallest absolute Gasteiger partial charge is 0.0645 e. The molecule has 0 radical (unpaired) electrons. The summed E-state index contributed by atoms with van der Waals surface area (Å²) in [7, 11) is 0. The zero-order chi connectivity index (χ0) is 18.2. The van der Waals surface area contributed by atoms with Crippen molar-refractivity contribution in [3.63, 3.8) is 0 Å². The Morgan fingerprint density at radius 1 is 1.08 bits per heavy atom. The van der Waals surface area contributed by atoms with Crippen LogP contribution in [-0.2, 0) is 0 Å². The molecule has 4 heteroatoms. The Balaban J connectivity index is 1.95. The Hall–Kier alpha value is -1.77. The van der Waals surface area contributed by atoms with Gasteiger partial charge in [-0.3, -0.25) is 4.99 Å². The van der Waals surface area contributed by atoms with Gasteiger partial charge in [0.05, 0.1) is 21.3 Å². The highest BCUT2D eigenvalue weighted by molar-refractivity contribution is 6.42. The van der Waals surface area contributed by atoms with Crippen molar-refractivity contribution in [3.05, 3.63) is 63.6 Å². The molecule has 0 saturated heterocycles. The second-order valence-electron chi connectivity index (χ2n) is 6.86. The van der Waals surface area contributed by atoms with E-state index in [-0.39, 0.29) is 5.54 Å². The van der Waals surface area contributed by atoms with Gasteiger partial charge in [-0.25, -0.2) is 0 Å². The molecule has 0 aromatic heterocycles. The van der Waals surface area contributed by atoms with Gasteiger partial charge in [0.15, 0.2) is 0 Å². The second kappa shape index (κ2) is 6.86. The first-order valence-electron chi connectivity index (χ1n) is 8.42. The number of hydrogen-bond donors (Lipinski definition) is 0. The molecule has 0 unspecified atom stereocenters. The van der Waals surface area contributed by atoms with E-state index in [2.05, 4.69) is 61.9 Å². The Bertz CT molecular complexity index is 866. The Morgan fingerprint density at radius 3 is 2.52 bits per heavy atom. The maximum absolute atomic E-state index is 6.05. The summed E-state index contributed by atoms with van der Waals surface area (Å²) in [6, 6.07) is 11.9. The average Bonchev–Trinajstić information content (AvgIpc) is 2.56. The molecule has 0 N–H and O–H groups in total. The van der Waals surface area contributed by atoms with Crippen LogP contribution in [0.1, 0.15) is 38.8 Å². The van der Waals surface area contributed by atoms with E-state index in [1.54, 1.807) is 12.1 Å². The van der Waals surface area contributed by atoms with E-state index >= 15 is 0 Å². The van der Waals surface area contributed by atoms with E-state index in [0.717, 1.165) is 17.8 Å². The third kappa shape index (κ3) is 3.61. The lowest BCUT2D eigenvalue weighted by Crippen LogP contribution is -2.44. The predicted molar refractivity (Wildman–Crippen MR) is 111 cm³/mol. The van der Waals surface area contributed by atoms with Crippen molar-refractivity contribution in [1.29, 1.82) is 0 Å². The predicted octanol–water partition coefficient (Wildman–Crippen LogP) is 6.77. The van der Waals surface area contributed by atoms with Gasteiger partial charge in [0.25, 0.3) is 0 Å². The van der Waals surface area contributed by atoms with Crippen molar-refractivity contribution >= 4 is 46.4 Å². The first-order valence-corrected chi connectivity index (χ1v) is 9.18. The standard InChI is InChI=1S/C21H22Cl2N2/c1-5-25-20-9-6-15(10-17(20)14(2)12-21(25,3)4)13-24-16-7-8-18(22)19(23)11-16/h6-13H,5H2,1-4H3. The minimum Gasteiger partial charge on any atom is -0.363 e. The number of halogens is 2. The molecule has 2 aromatic carbocycles. The summed E-state index contributed by atoms with van der Waals surface area (Å²) in [5.41, 5.74) is 5.72. The molecule has 0 amide bonds. The van der Waals surface area contributed by atoms with Crippen molar-refractivity contribution in [2.75, 3.05) is 11.4 Å². The summed E-state index contributed by atoms with van der Waals surface area (Å²) in [5, 5.41) is 1.05. The SMILES string of the molecule is CCN1c2ccc(C=Nc3ccc(Cl)c(Cl)c3)cc2C(C)=CC1(C)C. The molecule has 0 fully saturated rings. The normalized spacial score (nSPS) is 16.1. The van der Waals surface area contributed by atoms with Gasteiger partial charge in [-0.2, -0.15) is 0 Å². The number of nitrogens with zero attached hydrogens (tertiary/aromatic N) is 2. The number of aliphatic imine (C=N–C) groups is 1. The first kappa shape index (κ1) is 18.0. The zero-order valence-electron chi connectivity index (χ0n) is 15.0. The fourth-order valence-electron chi connectivity index (χ4n) is 3.47. The molecule has 2 nitrogen and oxygen atoms in total. The number of fused-ring (bicyclic) bond motifs is 1. The van der Waals surface area contributed by atoms with Crippen LogP contribution in [0.4, 0.5) is 11.4 Å². The van der Waals surface area contributed by atoms with Crippen molar-refractivity contribution in [2.24, 2.45) is 4.99 Å². The highest BCUT2D eigenvalue weighted by Gasteiger charge is 2.29. The van der Waals surface area contributed by atoms with Gasteiger partial charge in [-0.1, -0.05) is 35.3 Å². The molecular formula is C21H22Cl2N2. The highest BCUT2D eigenvalue weighted by atomic mass is 35.5. The van der Waals surface area contributed by atoms with E-state index in [9.17, 15) is 0 Å². The summed E-state index contributed by atoms with van der Waals surface area (Å²) in [5.74, 6) is 0. The van der Waals surface area contributed by atoms with Crippen molar-refractivity contribution in [2.45, 2.75) is 33.2 Å². The fourth-order valence-corrected chi connectivity index (χ4v) is 3.77. The molecule has 25 heavy (non-hydrogen) atoms. The van der Waals surface area contributed by atoms with Crippen molar-refractivity contribution in [3.8, 4) is 0 Å². The van der Waals surface area contributed by atoms with Gasteiger partial charge in [-0.05, 0) is 69.2 Å². The summed E-state index contributed by atoms with van der Waals surface area (Å²) in [6.45, 7) is 9.85. The van der Waals surface area contributed by atoms with Gasteiger partial charge >= 0.3 is 0 Å². The molecule has 1 heterocycles. The maximum atomic E-state index is 6.05. The van der Waals surface area contributed by atoms with E-state index in [4.69, 9.17) is 23.2 Å². The maximum Gasteiger partial charge on any atom is 0.0645 e.